The second-order valence-corrected chi connectivity index (χ2v) is 9.67. The summed E-state index contributed by atoms with van der Waals surface area (Å²) in [7, 11) is 0. The molecule has 45 heavy (non-hydrogen) atoms. The summed E-state index contributed by atoms with van der Waals surface area (Å²) in [5, 5.41) is 24.4. The van der Waals surface area contributed by atoms with Gasteiger partial charge in [0.05, 0.1) is 35.9 Å². The second-order valence-electron chi connectivity index (χ2n) is 9.67. The molecule has 3 rings (SSSR count). The van der Waals surface area contributed by atoms with E-state index in [-0.39, 0.29) is 24.3 Å². The summed E-state index contributed by atoms with van der Waals surface area (Å²) >= 11 is 0. The number of carbonyl (C=O) groups excluding carboxylic acids is 4. The highest BCUT2D eigenvalue weighted by Gasteiger charge is 2.47. The zero-order valence-corrected chi connectivity index (χ0v) is 23.6. The van der Waals surface area contributed by atoms with Gasteiger partial charge >= 0.3 is 12.1 Å². The van der Waals surface area contributed by atoms with E-state index in [4.69, 9.17) is 20.9 Å². The van der Waals surface area contributed by atoms with Gasteiger partial charge in [-0.25, -0.2) is 13.6 Å². The van der Waals surface area contributed by atoms with Gasteiger partial charge in [0.25, 0.3) is 11.8 Å². The van der Waals surface area contributed by atoms with E-state index in [0.29, 0.717) is 29.7 Å². The summed E-state index contributed by atoms with van der Waals surface area (Å²) in [6, 6.07) is 6.66. The molecule has 1 saturated heterocycles. The third kappa shape index (κ3) is 11.3. The molecule has 0 bridgehead atoms. The number of likely N-dealkylation sites (tertiary alicyclic amines) is 1. The first-order chi connectivity index (χ1) is 21.1. The number of amides is 4. The van der Waals surface area contributed by atoms with Gasteiger partial charge in [-0.15, -0.1) is 0 Å². The van der Waals surface area contributed by atoms with Gasteiger partial charge in [0.2, 0.25) is 17.7 Å². The maximum atomic E-state index is 13.6. The lowest BCUT2D eigenvalue weighted by atomic mass is 10.1. The third-order valence-electron chi connectivity index (χ3n) is 6.20. The van der Waals surface area contributed by atoms with Crippen LogP contribution in [0, 0.1) is 11.3 Å². The predicted octanol–water partition coefficient (Wildman–Crippen LogP) is 1.93. The lowest BCUT2D eigenvalue weighted by molar-refractivity contribution is -0.192. The van der Waals surface area contributed by atoms with Crippen molar-refractivity contribution >= 4 is 46.2 Å². The number of aromatic nitrogens is 1. The number of nitrogens with zero attached hydrogens (tertiary/aromatic N) is 3. The molecule has 0 spiro atoms. The minimum atomic E-state index is -5.08. The molecule has 2 heterocycles. The molecule has 13 nitrogen and oxygen atoms in total. The minimum Gasteiger partial charge on any atom is -0.475 e. The first kappa shape index (κ1) is 36.3. The number of rotatable bonds is 11. The zero-order valence-electron chi connectivity index (χ0n) is 23.6. The molecular weight excluding hydrogens is 613 g/mol. The number of carboxylic acids is 1. The first-order valence-electron chi connectivity index (χ1n) is 13.4. The maximum Gasteiger partial charge on any atom is 0.490 e. The van der Waals surface area contributed by atoms with Gasteiger partial charge < -0.3 is 31.7 Å². The van der Waals surface area contributed by atoms with Crippen molar-refractivity contribution in [1.82, 2.24) is 20.5 Å². The largest absolute Gasteiger partial charge is 0.490 e. The van der Waals surface area contributed by atoms with E-state index in [9.17, 15) is 41.1 Å². The number of alkyl halides is 5. The highest BCUT2D eigenvalue weighted by atomic mass is 19.4. The van der Waals surface area contributed by atoms with Crippen molar-refractivity contribution < 1.29 is 51.0 Å². The molecule has 0 saturated carbocycles. The van der Waals surface area contributed by atoms with E-state index in [0.717, 1.165) is 17.7 Å². The smallest absolute Gasteiger partial charge is 0.475 e. The molecule has 18 heteroatoms. The van der Waals surface area contributed by atoms with Crippen molar-refractivity contribution in [2.24, 2.45) is 5.73 Å². The molecule has 4 amide bonds. The summed E-state index contributed by atoms with van der Waals surface area (Å²) in [6.07, 6.45) is -2.97. The number of halogens is 5. The Bertz CT molecular complexity index is 1450. The van der Waals surface area contributed by atoms with E-state index in [2.05, 4.69) is 20.9 Å². The number of carboxylic acid groups (broad SMARTS) is 1. The molecule has 2 aromatic rings. The van der Waals surface area contributed by atoms with Crippen LogP contribution in [-0.4, -0.2) is 88.9 Å². The van der Waals surface area contributed by atoms with Crippen LogP contribution in [0.3, 0.4) is 0 Å². The van der Waals surface area contributed by atoms with Crippen molar-refractivity contribution in [2.45, 2.75) is 50.2 Å². The minimum absolute atomic E-state index is 0.00391. The summed E-state index contributed by atoms with van der Waals surface area (Å²) in [4.78, 5) is 63.5. The summed E-state index contributed by atoms with van der Waals surface area (Å²) in [5.41, 5.74) is 6.21. The number of aliphatic carboxylic acids is 1. The molecule has 0 aliphatic carbocycles. The fraction of sp³-hybridized carbons (Fsp3) is 0.444. The fourth-order valence-corrected chi connectivity index (χ4v) is 4.05. The lowest BCUT2D eigenvalue weighted by Crippen LogP contribution is -2.43. The van der Waals surface area contributed by atoms with Gasteiger partial charge in [0, 0.05) is 37.4 Å². The molecule has 6 N–H and O–H groups in total. The third-order valence-corrected chi connectivity index (χ3v) is 6.20. The van der Waals surface area contributed by atoms with Crippen LogP contribution < -0.4 is 21.7 Å². The molecule has 1 aliphatic rings. The zero-order chi connectivity index (χ0) is 33.8. The summed E-state index contributed by atoms with van der Waals surface area (Å²) in [5.74, 6) is -8.02. The first-order valence-corrected chi connectivity index (χ1v) is 13.4. The van der Waals surface area contributed by atoms with Crippen molar-refractivity contribution in [1.29, 1.82) is 5.26 Å². The molecule has 1 fully saturated rings. The van der Waals surface area contributed by atoms with Gasteiger partial charge in [-0.05, 0) is 31.5 Å². The number of nitrogens with two attached hydrogens (primary N) is 1. The molecule has 1 atom stereocenters. The Kier molecular flexibility index (Phi) is 13.1. The average molecular weight is 644 g/mol. The maximum absolute atomic E-state index is 13.6. The van der Waals surface area contributed by atoms with E-state index < -0.39 is 61.3 Å². The van der Waals surface area contributed by atoms with Gasteiger partial charge in [0.15, 0.2) is 0 Å². The van der Waals surface area contributed by atoms with E-state index in [1.54, 1.807) is 24.3 Å². The van der Waals surface area contributed by atoms with Crippen molar-refractivity contribution in [2.75, 3.05) is 31.5 Å². The number of nitriles is 1. The number of carbonyl (C=O) groups is 5. The SMILES string of the molecule is N#C[C@@H]1CC(F)(F)CN1C(=O)CNC(=O)c1ccnc2c(NC(=O)CCC(=O)NCCCCN)cccc12.O=C(O)C(F)(F)F. The standard InChI is InChI=1S/C25H29F2N7O4.C2HF3O2/c26-25(27)12-16(13-29)34(15-25)22(37)14-32-24(38)18-8-11-31-23-17(18)4-3-5-19(23)33-21(36)7-6-20(35)30-10-2-1-9-28;3-2(4,5)1(6)7/h3-5,8,11,16H,1-2,6-7,9-10,12,14-15,28H2,(H,30,35)(H,32,38)(H,33,36);(H,6,7)/t16-;/m0./s1. The van der Waals surface area contributed by atoms with Crippen LogP contribution in [-0.2, 0) is 19.2 Å². The number of hydrogen-bond donors (Lipinski definition) is 5. The number of unbranched alkanes of at least 4 members (excludes halogenated alkanes) is 1. The lowest BCUT2D eigenvalue weighted by Gasteiger charge is -2.19. The Labute approximate surface area is 252 Å². The van der Waals surface area contributed by atoms with Crippen molar-refractivity contribution in [3.8, 4) is 6.07 Å². The van der Waals surface area contributed by atoms with Crippen LogP contribution in [0.2, 0.25) is 0 Å². The highest BCUT2D eigenvalue weighted by Crippen LogP contribution is 2.31. The Balaban J connectivity index is 0.000000900. The normalized spacial score (nSPS) is 15.3. The Morgan fingerprint density at radius 3 is 2.38 bits per heavy atom. The molecule has 1 aliphatic heterocycles. The number of anilines is 1. The van der Waals surface area contributed by atoms with Gasteiger partial charge in [-0.1, -0.05) is 12.1 Å². The van der Waals surface area contributed by atoms with E-state index in [1.807, 2.05) is 0 Å². The summed E-state index contributed by atoms with van der Waals surface area (Å²) in [6.45, 7) is -0.412. The van der Waals surface area contributed by atoms with Crippen LogP contribution in [0.1, 0.15) is 42.5 Å². The average Bonchev–Trinajstić information content (AvgIpc) is 3.31. The number of nitrogens with one attached hydrogen (secondary N) is 3. The number of para-hydroxylation sites is 1. The van der Waals surface area contributed by atoms with E-state index in [1.165, 1.54) is 12.3 Å². The van der Waals surface area contributed by atoms with Gasteiger partial charge in [0.1, 0.15) is 6.04 Å². The molecule has 244 valence electrons. The molecule has 0 unspecified atom stereocenters. The topological polar surface area (TPSA) is 208 Å². The Hall–Kier alpha value is -4.92. The molecule has 1 aromatic heterocycles. The molecule has 0 radical (unpaired) electrons. The van der Waals surface area contributed by atoms with E-state index >= 15 is 0 Å². The monoisotopic (exact) mass is 643 g/mol. The fourth-order valence-electron chi connectivity index (χ4n) is 4.05. The van der Waals surface area contributed by atoms with Crippen molar-refractivity contribution in [3.05, 3.63) is 36.0 Å². The number of hydrogen-bond acceptors (Lipinski definition) is 8. The quantitative estimate of drug-likeness (QED) is 0.179. The van der Waals surface area contributed by atoms with Gasteiger partial charge in [-0.2, -0.15) is 18.4 Å². The molecular formula is C27H30F5N7O6. The van der Waals surface area contributed by atoms with Crippen LogP contribution >= 0.6 is 0 Å². The van der Waals surface area contributed by atoms with Crippen LogP contribution in [0.4, 0.5) is 27.6 Å². The predicted molar refractivity (Wildman–Crippen MR) is 148 cm³/mol. The highest BCUT2D eigenvalue weighted by molar-refractivity contribution is 6.10. The van der Waals surface area contributed by atoms with Crippen molar-refractivity contribution in [3.63, 3.8) is 0 Å². The summed E-state index contributed by atoms with van der Waals surface area (Å²) < 4.78 is 59.0. The van der Waals surface area contributed by atoms with Crippen LogP contribution in [0.25, 0.3) is 10.9 Å². The number of fused-ring (bicyclic) bond motifs is 1. The number of benzene rings is 1. The van der Waals surface area contributed by atoms with Crippen LogP contribution in [0.5, 0.6) is 0 Å². The van der Waals surface area contributed by atoms with Gasteiger partial charge in [-0.3, -0.25) is 24.2 Å². The Morgan fingerprint density at radius 1 is 1.09 bits per heavy atom. The molecule has 1 aromatic carbocycles. The van der Waals surface area contributed by atoms with Crippen LogP contribution in [0.15, 0.2) is 30.5 Å². The number of pyridine rings is 1. The Morgan fingerprint density at radius 2 is 1.76 bits per heavy atom. The second kappa shape index (κ2) is 16.2.